The zero-order chi connectivity index (χ0) is 16.1. The van der Waals surface area contributed by atoms with Crippen LogP contribution in [0, 0.1) is 17.0 Å². The molecule has 112 valence electrons. The van der Waals surface area contributed by atoms with Crippen molar-refractivity contribution in [3.05, 3.63) is 69.3 Å². The standard InChI is InChI=1S/C16H14N2O4/c1-11-7-8-15(18(20)21)12(9-11)10-17-14-6-4-3-5-13(14)16(19)22-2/h3-10H,1-2H3. The van der Waals surface area contributed by atoms with Gasteiger partial charge in [-0.25, -0.2) is 4.79 Å². The highest BCUT2D eigenvalue weighted by Crippen LogP contribution is 2.22. The van der Waals surface area contributed by atoms with Crippen molar-refractivity contribution in [1.82, 2.24) is 0 Å². The van der Waals surface area contributed by atoms with Gasteiger partial charge in [-0.05, 0) is 30.7 Å². The minimum absolute atomic E-state index is 0.0371. The van der Waals surface area contributed by atoms with E-state index in [9.17, 15) is 14.9 Å². The number of esters is 1. The molecule has 0 aliphatic rings. The van der Waals surface area contributed by atoms with Crippen molar-refractivity contribution in [3.8, 4) is 0 Å². The van der Waals surface area contributed by atoms with Crippen LogP contribution in [0.2, 0.25) is 0 Å². The molecule has 22 heavy (non-hydrogen) atoms. The molecule has 0 bridgehead atoms. The van der Waals surface area contributed by atoms with Crippen LogP contribution in [0.25, 0.3) is 0 Å². The molecule has 0 saturated heterocycles. The Labute approximate surface area is 127 Å². The average molecular weight is 298 g/mol. The van der Waals surface area contributed by atoms with E-state index >= 15 is 0 Å². The van der Waals surface area contributed by atoms with Gasteiger partial charge in [0.15, 0.2) is 0 Å². The van der Waals surface area contributed by atoms with Gasteiger partial charge in [0.05, 0.1) is 28.8 Å². The molecule has 0 spiro atoms. The molecule has 0 fully saturated rings. The molecule has 0 unspecified atom stereocenters. The fraction of sp³-hybridized carbons (Fsp3) is 0.125. The first-order valence-electron chi connectivity index (χ1n) is 6.49. The van der Waals surface area contributed by atoms with Gasteiger partial charge < -0.3 is 4.74 Å². The third-order valence-electron chi connectivity index (χ3n) is 3.03. The lowest BCUT2D eigenvalue weighted by Crippen LogP contribution is -2.01. The quantitative estimate of drug-likeness (QED) is 0.375. The van der Waals surface area contributed by atoms with E-state index < -0.39 is 10.9 Å². The van der Waals surface area contributed by atoms with Crippen molar-refractivity contribution in [3.63, 3.8) is 0 Å². The monoisotopic (exact) mass is 298 g/mol. The van der Waals surface area contributed by atoms with Gasteiger partial charge in [-0.1, -0.05) is 18.2 Å². The second-order valence-electron chi connectivity index (χ2n) is 4.59. The van der Waals surface area contributed by atoms with Crippen molar-refractivity contribution in [1.29, 1.82) is 0 Å². The molecule has 6 nitrogen and oxygen atoms in total. The molecule has 2 rings (SSSR count). The number of aryl methyl sites for hydroxylation is 1. The van der Waals surface area contributed by atoms with E-state index in [1.54, 1.807) is 36.4 Å². The second kappa shape index (κ2) is 6.62. The van der Waals surface area contributed by atoms with Crippen LogP contribution in [0.3, 0.4) is 0 Å². The summed E-state index contributed by atoms with van der Waals surface area (Å²) in [6, 6.07) is 11.4. The number of hydrogen-bond acceptors (Lipinski definition) is 5. The largest absolute Gasteiger partial charge is 0.465 e. The third kappa shape index (κ3) is 3.35. The number of nitrogens with zero attached hydrogens (tertiary/aromatic N) is 2. The number of benzene rings is 2. The van der Waals surface area contributed by atoms with Crippen LogP contribution in [-0.4, -0.2) is 24.2 Å². The number of aliphatic imine (C=N–C) groups is 1. The van der Waals surface area contributed by atoms with Gasteiger partial charge in [0.2, 0.25) is 0 Å². The van der Waals surface area contributed by atoms with Crippen LogP contribution in [0.1, 0.15) is 21.5 Å². The summed E-state index contributed by atoms with van der Waals surface area (Å²) in [4.78, 5) is 26.4. The van der Waals surface area contributed by atoms with E-state index in [1.165, 1.54) is 19.4 Å². The molecular formula is C16H14N2O4. The number of nitro groups is 1. The Morgan fingerprint density at radius 3 is 2.68 bits per heavy atom. The highest BCUT2D eigenvalue weighted by molar-refractivity contribution is 5.96. The van der Waals surface area contributed by atoms with Crippen LogP contribution in [0.4, 0.5) is 11.4 Å². The highest BCUT2D eigenvalue weighted by atomic mass is 16.6. The first-order chi connectivity index (χ1) is 10.5. The molecule has 0 aromatic heterocycles. The highest BCUT2D eigenvalue weighted by Gasteiger charge is 2.13. The fourth-order valence-electron chi connectivity index (χ4n) is 1.95. The van der Waals surface area contributed by atoms with Crippen LogP contribution >= 0.6 is 0 Å². The number of para-hydroxylation sites is 1. The van der Waals surface area contributed by atoms with Crippen LogP contribution in [-0.2, 0) is 4.74 Å². The smallest absolute Gasteiger partial charge is 0.340 e. The fourth-order valence-corrected chi connectivity index (χ4v) is 1.95. The normalized spacial score (nSPS) is 10.6. The number of rotatable bonds is 4. The number of carbonyl (C=O) groups is 1. The minimum Gasteiger partial charge on any atom is -0.465 e. The summed E-state index contributed by atoms with van der Waals surface area (Å²) in [5.74, 6) is -0.508. The van der Waals surface area contributed by atoms with Gasteiger partial charge in [0.1, 0.15) is 0 Å². The number of hydrogen-bond donors (Lipinski definition) is 0. The average Bonchev–Trinajstić information content (AvgIpc) is 2.52. The summed E-state index contributed by atoms with van der Waals surface area (Å²) in [7, 11) is 1.29. The lowest BCUT2D eigenvalue weighted by atomic mass is 10.1. The predicted molar refractivity (Wildman–Crippen MR) is 82.9 cm³/mol. The van der Waals surface area contributed by atoms with E-state index in [0.717, 1.165) is 5.56 Å². The Morgan fingerprint density at radius 1 is 1.27 bits per heavy atom. The molecule has 6 heteroatoms. The molecule has 0 N–H and O–H groups in total. The SMILES string of the molecule is COC(=O)c1ccccc1N=Cc1cc(C)ccc1[N+](=O)[O-]. The van der Waals surface area contributed by atoms with Gasteiger partial charge >= 0.3 is 5.97 Å². The topological polar surface area (TPSA) is 81.8 Å². The Balaban J connectivity index is 2.44. The summed E-state index contributed by atoms with van der Waals surface area (Å²) < 4.78 is 4.69. The first-order valence-corrected chi connectivity index (χ1v) is 6.49. The Bertz CT molecular complexity index is 754. The van der Waals surface area contributed by atoms with E-state index in [-0.39, 0.29) is 5.69 Å². The van der Waals surface area contributed by atoms with Gasteiger partial charge in [0, 0.05) is 12.3 Å². The summed E-state index contributed by atoms with van der Waals surface area (Å²) in [6.45, 7) is 1.84. The third-order valence-corrected chi connectivity index (χ3v) is 3.03. The Kier molecular flexibility index (Phi) is 4.63. The first kappa shape index (κ1) is 15.4. The van der Waals surface area contributed by atoms with Crippen LogP contribution in [0.15, 0.2) is 47.5 Å². The lowest BCUT2D eigenvalue weighted by molar-refractivity contribution is -0.385. The lowest BCUT2D eigenvalue weighted by Gasteiger charge is -2.03. The Morgan fingerprint density at radius 2 is 2.00 bits per heavy atom. The van der Waals surface area contributed by atoms with Gasteiger partial charge in [-0.3, -0.25) is 15.1 Å². The molecule has 0 aliphatic carbocycles. The van der Waals surface area contributed by atoms with Crippen LogP contribution < -0.4 is 0 Å². The molecule has 0 amide bonds. The number of ether oxygens (including phenoxy) is 1. The van der Waals surface area contributed by atoms with Crippen molar-refractivity contribution in [2.45, 2.75) is 6.92 Å². The van der Waals surface area contributed by atoms with E-state index in [0.29, 0.717) is 16.8 Å². The van der Waals surface area contributed by atoms with Crippen molar-refractivity contribution < 1.29 is 14.5 Å². The van der Waals surface area contributed by atoms with Crippen molar-refractivity contribution in [2.24, 2.45) is 4.99 Å². The Hall–Kier alpha value is -3.02. The maximum Gasteiger partial charge on any atom is 0.340 e. The molecule has 0 saturated carbocycles. The van der Waals surface area contributed by atoms with Crippen molar-refractivity contribution >= 4 is 23.6 Å². The van der Waals surface area contributed by atoms with E-state index in [2.05, 4.69) is 9.73 Å². The minimum atomic E-state index is -0.508. The van der Waals surface area contributed by atoms with Gasteiger partial charge in [-0.2, -0.15) is 0 Å². The summed E-state index contributed by atoms with van der Waals surface area (Å²) in [6.07, 6.45) is 1.38. The van der Waals surface area contributed by atoms with Crippen LogP contribution in [0.5, 0.6) is 0 Å². The maximum atomic E-state index is 11.7. The van der Waals surface area contributed by atoms with E-state index in [4.69, 9.17) is 0 Å². The predicted octanol–water partition coefficient (Wildman–Crippen LogP) is 3.44. The van der Waals surface area contributed by atoms with E-state index in [1.807, 2.05) is 6.92 Å². The molecular weight excluding hydrogens is 284 g/mol. The van der Waals surface area contributed by atoms with Gasteiger partial charge in [-0.15, -0.1) is 0 Å². The second-order valence-corrected chi connectivity index (χ2v) is 4.59. The molecule has 0 heterocycles. The maximum absolute atomic E-state index is 11.7. The van der Waals surface area contributed by atoms with Crippen molar-refractivity contribution in [2.75, 3.05) is 7.11 Å². The molecule has 2 aromatic carbocycles. The summed E-state index contributed by atoms with van der Waals surface area (Å²) in [5, 5.41) is 11.0. The zero-order valence-corrected chi connectivity index (χ0v) is 12.1. The van der Waals surface area contributed by atoms with Gasteiger partial charge in [0.25, 0.3) is 5.69 Å². The summed E-state index contributed by atoms with van der Waals surface area (Å²) >= 11 is 0. The number of carbonyl (C=O) groups excluding carboxylic acids is 1. The zero-order valence-electron chi connectivity index (χ0n) is 12.1. The summed E-state index contributed by atoms with van der Waals surface area (Å²) in [5.41, 5.74) is 1.92. The molecule has 0 aliphatic heterocycles. The molecule has 0 atom stereocenters. The molecule has 0 radical (unpaired) electrons. The number of nitro benzene ring substituents is 1. The number of methoxy groups -OCH3 is 1. The molecule has 2 aromatic rings.